The number of aromatic nitrogens is 3. The molecule has 0 saturated carbocycles. The highest BCUT2D eigenvalue weighted by Crippen LogP contribution is 2.37. The fraction of sp³-hybridized carbons (Fsp3) is 0.273. The van der Waals surface area contributed by atoms with E-state index in [2.05, 4.69) is 10.2 Å². The molecular formula is C11H9F5N4S. The molecule has 4 nitrogen and oxygen atoms in total. The standard InChI is InChI=1S/C11H9F5N4S/c1-5(8-6(12)3-2-4-7(8)13)21-10-19-18-9(20(10)17)11(14,15)16/h2-5H,17H2,1H3. The number of rotatable bonds is 3. The van der Waals surface area contributed by atoms with Gasteiger partial charge in [0, 0.05) is 10.8 Å². The van der Waals surface area contributed by atoms with Crippen molar-refractivity contribution in [1.29, 1.82) is 0 Å². The molecule has 0 radical (unpaired) electrons. The Kier molecular flexibility index (Phi) is 4.08. The van der Waals surface area contributed by atoms with Gasteiger partial charge in [-0.3, -0.25) is 0 Å². The first-order valence-corrected chi connectivity index (χ1v) is 6.48. The summed E-state index contributed by atoms with van der Waals surface area (Å²) in [5.74, 6) is 2.28. The van der Waals surface area contributed by atoms with Crippen LogP contribution in [0.15, 0.2) is 23.4 Å². The molecule has 2 aromatic rings. The Balaban J connectivity index is 2.29. The molecule has 1 unspecified atom stereocenters. The first-order valence-electron chi connectivity index (χ1n) is 5.60. The maximum absolute atomic E-state index is 13.6. The molecule has 1 heterocycles. The van der Waals surface area contributed by atoms with Crippen molar-refractivity contribution in [3.05, 3.63) is 41.2 Å². The number of hydrogen-bond acceptors (Lipinski definition) is 4. The van der Waals surface area contributed by atoms with Crippen molar-refractivity contribution in [2.45, 2.75) is 23.5 Å². The van der Waals surface area contributed by atoms with Gasteiger partial charge in [0.1, 0.15) is 11.6 Å². The second kappa shape index (κ2) is 5.51. The zero-order valence-electron chi connectivity index (χ0n) is 10.5. The number of nitrogens with zero attached hydrogens (tertiary/aromatic N) is 3. The Morgan fingerprint density at radius 1 is 1.19 bits per heavy atom. The predicted molar refractivity (Wildman–Crippen MR) is 65.8 cm³/mol. The maximum Gasteiger partial charge on any atom is 0.453 e. The van der Waals surface area contributed by atoms with Crippen LogP contribution in [0.1, 0.15) is 23.6 Å². The highest BCUT2D eigenvalue weighted by molar-refractivity contribution is 7.99. The smallest absolute Gasteiger partial charge is 0.335 e. The maximum atomic E-state index is 13.6. The van der Waals surface area contributed by atoms with Crippen molar-refractivity contribution in [2.75, 3.05) is 5.84 Å². The molecule has 1 aromatic heterocycles. The lowest BCUT2D eigenvalue weighted by Gasteiger charge is -2.13. The van der Waals surface area contributed by atoms with Gasteiger partial charge in [-0.05, 0) is 19.1 Å². The molecule has 0 fully saturated rings. The van der Waals surface area contributed by atoms with Crippen LogP contribution in [0.3, 0.4) is 0 Å². The van der Waals surface area contributed by atoms with E-state index in [9.17, 15) is 22.0 Å². The highest BCUT2D eigenvalue weighted by Gasteiger charge is 2.38. The molecular weight excluding hydrogens is 315 g/mol. The van der Waals surface area contributed by atoms with Crippen LogP contribution in [0.5, 0.6) is 0 Å². The van der Waals surface area contributed by atoms with E-state index in [0.717, 1.165) is 12.1 Å². The number of hydrogen-bond donors (Lipinski definition) is 1. The average Bonchev–Trinajstić information content (AvgIpc) is 2.70. The summed E-state index contributed by atoms with van der Waals surface area (Å²) >= 11 is 0.673. The molecule has 0 spiro atoms. The number of benzene rings is 1. The number of nitrogens with two attached hydrogens (primary N) is 1. The second-order valence-electron chi connectivity index (χ2n) is 4.07. The zero-order chi connectivity index (χ0) is 15.8. The number of alkyl halides is 3. The highest BCUT2D eigenvalue weighted by atomic mass is 32.2. The largest absolute Gasteiger partial charge is 0.453 e. The van der Waals surface area contributed by atoms with E-state index in [0.29, 0.717) is 11.8 Å². The van der Waals surface area contributed by atoms with Crippen LogP contribution in [0.25, 0.3) is 0 Å². The van der Waals surface area contributed by atoms with E-state index < -0.39 is 28.9 Å². The quantitative estimate of drug-likeness (QED) is 0.535. The molecule has 0 aliphatic carbocycles. The summed E-state index contributed by atoms with van der Waals surface area (Å²) in [5.41, 5.74) is -0.265. The molecule has 114 valence electrons. The minimum absolute atomic E-state index is 0.250. The Morgan fingerprint density at radius 3 is 2.24 bits per heavy atom. The fourth-order valence-corrected chi connectivity index (χ4v) is 2.61. The molecule has 2 N–H and O–H groups in total. The van der Waals surface area contributed by atoms with E-state index in [1.54, 1.807) is 0 Å². The van der Waals surface area contributed by atoms with Gasteiger partial charge in [0.15, 0.2) is 0 Å². The van der Waals surface area contributed by atoms with Crippen LogP contribution in [0.4, 0.5) is 22.0 Å². The first-order chi connectivity index (χ1) is 9.71. The molecule has 1 aromatic carbocycles. The van der Waals surface area contributed by atoms with Gasteiger partial charge in [0.2, 0.25) is 5.16 Å². The molecule has 0 aliphatic rings. The van der Waals surface area contributed by atoms with Gasteiger partial charge in [-0.25, -0.2) is 13.5 Å². The van der Waals surface area contributed by atoms with Crippen LogP contribution in [0, 0.1) is 11.6 Å². The summed E-state index contributed by atoms with van der Waals surface area (Å²) in [6.07, 6.45) is -4.76. The van der Waals surface area contributed by atoms with E-state index in [1.165, 1.54) is 13.0 Å². The Labute approximate surface area is 120 Å². The third-order valence-corrected chi connectivity index (χ3v) is 3.68. The molecule has 0 aliphatic heterocycles. The van der Waals surface area contributed by atoms with E-state index in [4.69, 9.17) is 5.84 Å². The van der Waals surface area contributed by atoms with Crippen LogP contribution in [0.2, 0.25) is 0 Å². The monoisotopic (exact) mass is 324 g/mol. The third-order valence-electron chi connectivity index (χ3n) is 2.61. The molecule has 0 bridgehead atoms. The number of halogens is 5. The van der Waals surface area contributed by atoms with Crippen LogP contribution < -0.4 is 5.84 Å². The Hall–Kier alpha value is -1.84. The molecule has 21 heavy (non-hydrogen) atoms. The topological polar surface area (TPSA) is 56.7 Å². The van der Waals surface area contributed by atoms with Crippen molar-refractivity contribution in [2.24, 2.45) is 0 Å². The minimum Gasteiger partial charge on any atom is -0.335 e. The molecule has 10 heteroatoms. The van der Waals surface area contributed by atoms with Gasteiger partial charge in [-0.15, -0.1) is 10.2 Å². The van der Waals surface area contributed by atoms with E-state index in [-0.39, 0.29) is 15.4 Å². The summed E-state index contributed by atoms with van der Waals surface area (Å²) in [7, 11) is 0. The van der Waals surface area contributed by atoms with Crippen molar-refractivity contribution < 1.29 is 22.0 Å². The molecule has 1 atom stereocenters. The lowest BCUT2D eigenvalue weighted by molar-refractivity contribution is -0.146. The Bertz CT molecular complexity index is 634. The average molecular weight is 324 g/mol. The van der Waals surface area contributed by atoms with Gasteiger partial charge in [-0.2, -0.15) is 13.2 Å². The number of nitrogen functional groups attached to an aromatic ring is 1. The van der Waals surface area contributed by atoms with Gasteiger partial charge >= 0.3 is 6.18 Å². The Morgan fingerprint density at radius 2 is 1.76 bits per heavy atom. The SMILES string of the molecule is CC(Sc1nnc(C(F)(F)F)n1N)c1c(F)cccc1F. The lowest BCUT2D eigenvalue weighted by atomic mass is 10.1. The predicted octanol–water partition coefficient (Wildman–Crippen LogP) is 3.14. The van der Waals surface area contributed by atoms with Crippen molar-refractivity contribution in [3.63, 3.8) is 0 Å². The fourth-order valence-electron chi connectivity index (χ4n) is 1.67. The van der Waals surface area contributed by atoms with E-state index >= 15 is 0 Å². The summed E-state index contributed by atoms with van der Waals surface area (Å²) in [6.45, 7) is 1.42. The summed E-state index contributed by atoms with van der Waals surface area (Å²) in [5, 5.41) is 5.10. The van der Waals surface area contributed by atoms with Crippen molar-refractivity contribution in [3.8, 4) is 0 Å². The van der Waals surface area contributed by atoms with Crippen LogP contribution >= 0.6 is 11.8 Å². The van der Waals surface area contributed by atoms with Crippen molar-refractivity contribution >= 4 is 11.8 Å². The summed E-state index contributed by atoms with van der Waals surface area (Å²) in [6, 6.07) is 3.31. The second-order valence-corrected chi connectivity index (χ2v) is 5.38. The van der Waals surface area contributed by atoms with Crippen molar-refractivity contribution in [1.82, 2.24) is 14.9 Å². The molecule has 0 amide bonds. The van der Waals surface area contributed by atoms with Gasteiger partial charge in [0.25, 0.3) is 5.82 Å². The van der Waals surface area contributed by atoms with E-state index in [1.807, 2.05) is 0 Å². The van der Waals surface area contributed by atoms with Gasteiger partial charge < -0.3 is 5.84 Å². The van der Waals surface area contributed by atoms with Gasteiger partial charge in [-0.1, -0.05) is 17.8 Å². The molecule has 2 rings (SSSR count). The lowest BCUT2D eigenvalue weighted by Crippen LogP contribution is -2.21. The first kappa shape index (κ1) is 15.5. The summed E-state index contributed by atoms with van der Waals surface area (Å²) < 4.78 is 65.0. The zero-order valence-corrected chi connectivity index (χ0v) is 11.3. The van der Waals surface area contributed by atoms with Gasteiger partial charge in [0.05, 0.1) is 0 Å². The normalized spacial score (nSPS) is 13.4. The van der Waals surface area contributed by atoms with Crippen LogP contribution in [-0.4, -0.2) is 14.9 Å². The minimum atomic E-state index is -4.76. The molecule has 0 saturated heterocycles. The third kappa shape index (κ3) is 3.09. The number of thioether (sulfide) groups is 1. The van der Waals surface area contributed by atoms with Crippen LogP contribution in [-0.2, 0) is 6.18 Å². The summed E-state index contributed by atoms with van der Waals surface area (Å²) in [4.78, 5) is 0.